The summed E-state index contributed by atoms with van der Waals surface area (Å²) < 4.78 is 28.2. The Labute approximate surface area is 212 Å². The highest BCUT2D eigenvalue weighted by atomic mass is 32.2. The van der Waals surface area contributed by atoms with Crippen molar-refractivity contribution in [1.82, 2.24) is 5.32 Å². The van der Waals surface area contributed by atoms with Gasteiger partial charge in [-0.05, 0) is 54.1 Å². The second-order valence-corrected chi connectivity index (χ2v) is 8.81. The normalized spacial score (nSPS) is 11.1. The van der Waals surface area contributed by atoms with E-state index in [2.05, 4.69) is 10.6 Å². The Morgan fingerprint density at radius 1 is 0.778 bits per heavy atom. The van der Waals surface area contributed by atoms with Crippen molar-refractivity contribution in [1.29, 1.82) is 0 Å². The minimum atomic E-state index is -0.612. The summed E-state index contributed by atoms with van der Waals surface area (Å²) in [5.74, 6) is -1.48. The van der Waals surface area contributed by atoms with Gasteiger partial charge < -0.3 is 10.6 Å². The van der Waals surface area contributed by atoms with E-state index >= 15 is 0 Å². The zero-order valence-electron chi connectivity index (χ0n) is 19.1. The Morgan fingerprint density at radius 3 is 2.22 bits per heavy atom. The molecule has 4 aromatic rings. The fraction of sp³-hybridized carbons (Fsp3) is 0.0345. The summed E-state index contributed by atoms with van der Waals surface area (Å²) in [5.41, 5.74) is 1.46. The molecule has 0 fully saturated rings. The fourth-order valence-electron chi connectivity index (χ4n) is 3.33. The van der Waals surface area contributed by atoms with Crippen LogP contribution >= 0.6 is 11.8 Å². The smallest absolute Gasteiger partial charge is 0.272 e. The van der Waals surface area contributed by atoms with E-state index in [0.717, 1.165) is 4.90 Å². The lowest BCUT2D eigenvalue weighted by Crippen LogP contribution is -2.30. The lowest BCUT2D eigenvalue weighted by atomic mass is 10.1. The third-order valence-electron chi connectivity index (χ3n) is 5.18. The Morgan fingerprint density at radius 2 is 1.47 bits per heavy atom. The second kappa shape index (κ2) is 12.0. The highest BCUT2D eigenvalue weighted by Crippen LogP contribution is 2.26. The predicted molar refractivity (Wildman–Crippen MR) is 139 cm³/mol. The average Bonchev–Trinajstić information content (AvgIpc) is 2.89. The van der Waals surface area contributed by atoms with Crippen LogP contribution in [0.4, 0.5) is 14.5 Å². The summed E-state index contributed by atoms with van der Waals surface area (Å²) in [6.45, 7) is 0. The number of carbonyl (C=O) groups excluding carboxylic acids is 2. The van der Waals surface area contributed by atoms with E-state index in [1.165, 1.54) is 36.0 Å². The van der Waals surface area contributed by atoms with Gasteiger partial charge in [-0.1, -0.05) is 60.7 Å². The highest BCUT2D eigenvalue weighted by molar-refractivity contribution is 7.98. The van der Waals surface area contributed by atoms with Gasteiger partial charge in [-0.15, -0.1) is 11.8 Å². The van der Waals surface area contributed by atoms with Crippen molar-refractivity contribution in [3.63, 3.8) is 0 Å². The lowest BCUT2D eigenvalue weighted by Gasteiger charge is -2.12. The van der Waals surface area contributed by atoms with Gasteiger partial charge in [0.2, 0.25) is 0 Å². The Balaban J connectivity index is 1.53. The topological polar surface area (TPSA) is 58.2 Å². The zero-order valence-corrected chi connectivity index (χ0v) is 19.9. The van der Waals surface area contributed by atoms with Gasteiger partial charge in [-0.25, -0.2) is 8.78 Å². The Hall–Kier alpha value is -4.23. The van der Waals surface area contributed by atoms with Crippen molar-refractivity contribution in [3.8, 4) is 0 Å². The molecule has 0 bridgehead atoms. The molecular formula is C29H22F2N2O2S. The summed E-state index contributed by atoms with van der Waals surface area (Å²) in [5, 5.41) is 5.35. The molecule has 0 atom stereocenters. The average molecular weight is 501 g/mol. The maximum Gasteiger partial charge on any atom is 0.272 e. The van der Waals surface area contributed by atoms with Gasteiger partial charge >= 0.3 is 0 Å². The Kier molecular flexibility index (Phi) is 8.26. The minimum Gasteiger partial charge on any atom is -0.321 e. The monoisotopic (exact) mass is 500 g/mol. The van der Waals surface area contributed by atoms with Crippen molar-refractivity contribution < 1.29 is 18.4 Å². The molecule has 7 heteroatoms. The quantitative estimate of drug-likeness (QED) is 0.210. The Bertz CT molecular complexity index is 1410. The molecule has 0 spiro atoms. The van der Waals surface area contributed by atoms with Gasteiger partial charge in [0.15, 0.2) is 0 Å². The first-order valence-corrected chi connectivity index (χ1v) is 12.1. The molecule has 0 radical (unpaired) electrons. The molecule has 2 amide bonds. The fourth-order valence-corrected chi connectivity index (χ4v) is 4.27. The highest BCUT2D eigenvalue weighted by Gasteiger charge is 2.16. The van der Waals surface area contributed by atoms with Crippen LogP contribution < -0.4 is 10.6 Å². The first-order valence-electron chi connectivity index (χ1n) is 11.1. The van der Waals surface area contributed by atoms with Crippen LogP contribution in [-0.4, -0.2) is 11.8 Å². The van der Waals surface area contributed by atoms with Crippen LogP contribution in [0, 0.1) is 11.6 Å². The number of hydrogen-bond donors (Lipinski definition) is 2. The van der Waals surface area contributed by atoms with Gasteiger partial charge in [-0.2, -0.15) is 0 Å². The molecule has 0 saturated carbocycles. The molecule has 0 aliphatic carbocycles. The van der Waals surface area contributed by atoms with E-state index in [1.54, 1.807) is 78.9 Å². The van der Waals surface area contributed by atoms with Gasteiger partial charge in [0.1, 0.15) is 17.3 Å². The molecule has 0 saturated heterocycles. The van der Waals surface area contributed by atoms with E-state index in [-0.39, 0.29) is 17.1 Å². The maximum atomic E-state index is 14.3. The van der Waals surface area contributed by atoms with Gasteiger partial charge in [-0.3, -0.25) is 9.59 Å². The lowest BCUT2D eigenvalue weighted by molar-refractivity contribution is -0.113. The maximum absolute atomic E-state index is 14.3. The first kappa shape index (κ1) is 24.9. The third-order valence-corrected chi connectivity index (χ3v) is 6.22. The standard InChI is InChI=1S/C29H22F2N2O2S/c30-25-15-6-4-11-21(25)17-27(33-28(34)20-9-2-1-3-10-20)29(35)32-23-13-8-14-24(18-23)36-19-22-12-5-7-16-26(22)31/h1-18H,19H2,(H,32,35)(H,33,34)/b27-17+. The van der Waals surface area contributed by atoms with Crippen LogP contribution in [-0.2, 0) is 10.5 Å². The van der Waals surface area contributed by atoms with Crippen LogP contribution in [0.5, 0.6) is 0 Å². The van der Waals surface area contributed by atoms with E-state index in [9.17, 15) is 18.4 Å². The summed E-state index contributed by atoms with van der Waals surface area (Å²) in [7, 11) is 0. The number of nitrogens with one attached hydrogen (secondary N) is 2. The summed E-state index contributed by atoms with van der Waals surface area (Å²) >= 11 is 1.42. The number of halogens is 2. The van der Waals surface area contributed by atoms with Crippen molar-refractivity contribution >= 4 is 35.3 Å². The summed E-state index contributed by atoms with van der Waals surface area (Å²) in [6.07, 6.45) is 1.29. The molecule has 4 nitrogen and oxygen atoms in total. The molecule has 0 aliphatic heterocycles. The van der Waals surface area contributed by atoms with E-state index in [4.69, 9.17) is 0 Å². The van der Waals surface area contributed by atoms with Crippen molar-refractivity contribution in [2.45, 2.75) is 10.6 Å². The van der Waals surface area contributed by atoms with Crippen molar-refractivity contribution in [2.24, 2.45) is 0 Å². The molecule has 4 aromatic carbocycles. The van der Waals surface area contributed by atoms with Crippen molar-refractivity contribution in [3.05, 3.63) is 137 Å². The number of thioether (sulfide) groups is 1. The van der Waals surface area contributed by atoms with E-state index in [1.807, 2.05) is 6.07 Å². The number of anilines is 1. The number of hydrogen-bond acceptors (Lipinski definition) is 3. The molecule has 2 N–H and O–H groups in total. The van der Waals surface area contributed by atoms with E-state index in [0.29, 0.717) is 22.6 Å². The number of rotatable bonds is 8. The zero-order chi connectivity index (χ0) is 25.3. The van der Waals surface area contributed by atoms with E-state index < -0.39 is 17.6 Å². The first-order chi connectivity index (χ1) is 17.5. The largest absolute Gasteiger partial charge is 0.321 e. The van der Waals surface area contributed by atoms with Crippen LogP contribution in [0.15, 0.2) is 114 Å². The van der Waals surface area contributed by atoms with Crippen LogP contribution in [0.1, 0.15) is 21.5 Å². The second-order valence-electron chi connectivity index (χ2n) is 7.76. The van der Waals surface area contributed by atoms with Crippen LogP contribution in [0.2, 0.25) is 0 Å². The van der Waals surface area contributed by atoms with Crippen LogP contribution in [0.3, 0.4) is 0 Å². The van der Waals surface area contributed by atoms with Gasteiger partial charge in [0, 0.05) is 27.5 Å². The molecule has 0 aliphatic rings. The number of carbonyl (C=O) groups is 2. The third kappa shape index (κ3) is 6.67. The molecule has 0 aromatic heterocycles. The number of amides is 2. The minimum absolute atomic E-state index is 0.113. The van der Waals surface area contributed by atoms with Gasteiger partial charge in [0.25, 0.3) is 11.8 Å². The molecule has 180 valence electrons. The van der Waals surface area contributed by atoms with Crippen molar-refractivity contribution in [2.75, 3.05) is 5.32 Å². The SMILES string of the molecule is O=C(Nc1cccc(SCc2ccccc2F)c1)/C(=C\c1ccccc1F)NC(=O)c1ccccc1. The summed E-state index contributed by atoms with van der Waals surface area (Å²) in [6, 6.07) is 28.0. The molecular weight excluding hydrogens is 478 g/mol. The predicted octanol–water partition coefficient (Wildman–Crippen LogP) is 6.67. The van der Waals surface area contributed by atoms with Crippen LogP contribution in [0.25, 0.3) is 6.08 Å². The molecule has 36 heavy (non-hydrogen) atoms. The summed E-state index contributed by atoms with van der Waals surface area (Å²) in [4.78, 5) is 26.7. The number of benzene rings is 4. The molecule has 0 unspecified atom stereocenters. The molecule has 0 heterocycles. The van der Waals surface area contributed by atoms with Gasteiger partial charge in [0.05, 0.1) is 0 Å². The molecule has 4 rings (SSSR count).